The number of H-pyrrole nitrogens is 1. The molecular formula is C19H19N2O2S. The number of aromatic nitrogens is 2. The van der Waals surface area contributed by atoms with Crippen molar-refractivity contribution in [2.45, 2.75) is 5.16 Å². The molecule has 0 atom stereocenters. The van der Waals surface area contributed by atoms with Gasteiger partial charge in [0, 0.05) is 16.9 Å². The predicted molar refractivity (Wildman–Crippen MR) is 98.6 cm³/mol. The summed E-state index contributed by atoms with van der Waals surface area (Å²) >= 11 is 1.59. The lowest BCUT2D eigenvalue weighted by atomic mass is 10.0. The molecule has 0 bridgehead atoms. The number of hydrogen-bond donors (Lipinski definition) is 1. The van der Waals surface area contributed by atoms with Gasteiger partial charge in [-0.1, -0.05) is 11.8 Å². The van der Waals surface area contributed by atoms with Crippen molar-refractivity contribution in [3.63, 3.8) is 0 Å². The molecule has 0 saturated heterocycles. The van der Waals surface area contributed by atoms with Gasteiger partial charge in [-0.2, -0.15) is 0 Å². The average Bonchev–Trinajstić information content (AvgIpc) is 3.06. The molecule has 0 aliphatic rings. The van der Waals surface area contributed by atoms with Crippen LogP contribution >= 0.6 is 11.8 Å². The van der Waals surface area contributed by atoms with Crippen molar-refractivity contribution in [3.8, 4) is 34.0 Å². The van der Waals surface area contributed by atoms with Gasteiger partial charge in [0.15, 0.2) is 5.16 Å². The fourth-order valence-corrected chi connectivity index (χ4v) is 2.96. The lowest BCUT2D eigenvalue weighted by Crippen LogP contribution is -1.87. The first-order valence-electron chi connectivity index (χ1n) is 7.56. The average molecular weight is 339 g/mol. The summed E-state index contributed by atoms with van der Waals surface area (Å²) in [7, 11) is 3.33. The molecule has 1 radical (unpaired) electrons. The van der Waals surface area contributed by atoms with Crippen LogP contribution in [0.15, 0.2) is 53.7 Å². The molecule has 0 aliphatic heterocycles. The first-order valence-corrected chi connectivity index (χ1v) is 8.54. The monoisotopic (exact) mass is 339 g/mol. The normalized spacial score (nSPS) is 10.6. The molecule has 0 spiro atoms. The molecule has 1 heterocycles. The van der Waals surface area contributed by atoms with E-state index in [1.165, 1.54) is 0 Å². The van der Waals surface area contributed by atoms with E-state index >= 15 is 0 Å². The summed E-state index contributed by atoms with van der Waals surface area (Å²) in [4.78, 5) is 8.14. The standard InChI is InChI=1S/C19H19N2O2S/c1-4-24-19-20-17(13-5-9-15(22-2)10-6-13)18(21-19)14-7-11-16(23-3)12-8-14/h5-12H,1,4H2,2-3H3,(H,20,21). The number of imidazole rings is 1. The van der Waals surface area contributed by atoms with Crippen molar-refractivity contribution >= 4 is 11.8 Å². The molecule has 4 nitrogen and oxygen atoms in total. The Balaban J connectivity index is 2.05. The number of benzene rings is 2. The summed E-state index contributed by atoms with van der Waals surface area (Å²) in [6.07, 6.45) is 0. The highest BCUT2D eigenvalue weighted by Gasteiger charge is 2.14. The van der Waals surface area contributed by atoms with Crippen LogP contribution in [0.2, 0.25) is 0 Å². The largest absolute Gasteiger partial charge is 0.497 e. The number of thioether (sulfide) groups is 1. The van der Waals surface area contributed by atoms with Gasteiger partial charge >= 0.3 is 0 Å². The molecule has 123 valence electrons. The number of aromatic amines is 1. The number of nitrogens with one attached hydrogen (secondary N) is 1. The molecule has 5 heteroatoms. The minimum atomic E-state index is 0.720. The smallest absolute Gasteiger partial charge is 0.166 e. The zero-order valence-electron chi connectivity index (χ0n) is 13.7. The van der Waals surface area contributed by atoms with Crippen LogP contribution < -0.4 is 9.47 Å². The Labute approximate surface area is 146 Å². The fourth-order valence-electron chi connectivity index (χ4n) is 2.44. The number of hydrogen-bond acceptors (Lipinski definition) is 4. The summed E-state index contributed by atoms with van der Waals surface area (Å²) in [6, 6.07) is 15.9. The topological polar surface area (TPSA) is 47.1 Å². The fraction of sp³-hybridized carbons (Fsp3) is 0.158. The molecule has 1 aromatic heterocycles. The van der Waals surface area contributed by atoms with Gasteiger partial charge < -0.3 is 14.5 Å². The van der Waals surface area contributed by atoms with Crippen LogP contribution in [0.25, 0.3) is 22.5 Å². The van der Waals surface area contributed by atoms with Gasteiger partial charge in [0.25, 0.3) is 0 Å². The molecule has 24 heavy (non-hydrogen) atoms. The SMILES string of the molecule is [CH2]CSc1nc(-c2ccc(OC)cc2)c(-c2ccc(OC)cc2)[nH]1. The van der Waals surface area contributed by atoms with E-state index in [1.54, 1.807) is 26.0 Å². The van der Waals surface area contributed by atoms with Crippen molar-refractivity contribution in [2.75, 3.05) is 20.0 Å². The third-order valence-corrected chi connectivity index (χ3v) is 4.33. The van der Waals surface area contributed by atoms with E-state index in [1.807, 2.05) is 48.5 Å². The summed E-state index contributed by atoms with van der Waals surface area (Å²) in [5.41, 5.74) is 4.00. The maximum Gasteiger partial charge on any atom is 0.166 e. The Morgan fingerprint density at radius 3 is 1.96 bits per heavy atom. The van der Waals surface area contributed by atoms with Crippen LogP contribution in [0.3, 0.4) is 0 Å². The second kappa shape index (κ2) is 7.45. The van der Waals surface area contributed by atoms with Crippen LogP contribution in [0, 0.1) is 6.92 Å². The minimum absolute atomic E-state index is 0.720. The van der Waals surface area contributed by atoms with E-state index in [-0.39, 0.29) is 0 Å². The lowest BCUT2D eigenvalue weighted by Gasteiger charge is -2.06. The zero-order valence-corrected chi connectivity index (χ0v) is 14.5. The molecule has 0 amide bonds. The summed E-state index contributed by atoms with van der Waals surface area (Å²) < 4.78 is 10.5. The van der Waals surface area contributed by atoms with Gasteiger partial charge in [0.1, 0.15) is 11.5 Å². The maximum absolute atomic E-state index is 5.24. The van der Waals surface area contributed by atoms with E-state index in [0.29, 0.717) is 0 Å². The van der Waals surface area contributed by atoms with Gasteiger partial charge in [0.2, 0.25) is 0 Å². The molecular weight excluding hydrogens is 320 g/mol. The first-order chi connectivity index (χ1) is 11.7. The first kappa shape index (κ1) is 16.5. The number of rotatable bonds is 6. The number of nitrogens with zero attached hydrogens (tertiary/aromatic N) is 1. The van der Waals surface area contributed by atoms with E-state index in [2.05, 4.69) is 11.9 Å². The van der Waals surface area contributed by atoms with Gasteiger partial charge in [-0.15, -0.1) is 0 Å². The third kappa shape index (κ3) is 3.41. The van der Waals surface area contributed by atoms with Crippen molar-refractivity contribution in [1.29, 1.82) is 0 Å². The molecule has 0 aliphatic carbocycles. The zero-order chi connectivity index (χ0) is 16.9. The molecule has 1 N–H and O–H groups in total. The van der Waals surface area contributed by atoms with E-state index in [9.17, 15) is 0 Å². The molecule has 3 aromatic rings. The highest BCUT2D eigenvalue weighted by Crippen LogP contribution is 2.34. The Morgan fingerprint density at radius 2 is 1.46 bits per heavy atom. The van der Waals surface area contributed by atoms with Gasteiger partial charge in [0.05, 0.1) is 25.6 Å². The lowest BCUT2D eigenvalue weighted by molar-refractivity contribution is 0.414. The molecule has 0 unspecified atom stereocenters. The Kier molecular flexibility index (Phi) is 5.11. The molecule has 3 rings (SSSR count). The Hall–Kier alpha value is -2.40. The third-order valence-electron chi connectivity index (χ3n) is 3.66. The van der Waals surface area contributed by atoms with Gasteiger partial charge in [-0.3, -0.25) is 0 Å². The summed E-state index contributed by atoms with van der Waals surface area (Å²) in [5.74, 6) is 2.38. The predicted octanol–water partition coefficient (Wildman–Crippen LogP) is 4.69. The maximum atomic E-state index is 5.24. The number of ether oxygens (including phenoxy) is 2. The van der Waals surface area contributed by atoms with Crippen molar-refractivity contribution < 1.29 is 9.47 Å². The van der Waals surface area contributed by atoms with Crippen LogP contribution in [0.5, 0.6) is 11.5 Å². The highest BCUT2D eigenvalue weighted by atomic mass is 32.2. The van der Waals surface area contributed by atoms with Gasteiger partial charge in [-0.25, -0.2) is 4.98 Å². The molecule has 0 fully saturated rings. The number of methoxy groups -OCH3 is 2. The van der Waals surface area contributed by atoms with E-state index < -0.39 is 0 Å². The van der Waals surface area contributed by atoms with Crippen molar-refractivity contribution in [2.24, 2.45) is 0 Å². The molecule has 2 aromatic carbocycles. The second-order valence-corrected chi connectivity index (χ2v) is 6.15. The van der Waals surface area contributed by atoms with E-state index in [0.717, 1.165) is 44.9 Å². The summed E-state index contributed by atoms with van der Waals surface area (Å²) in [6.45, 7) is 3.88. The Bertz CT molecular complexity index is 730. The summed E-state index contributed by atoms with van der Waals surface area (Å²) in [5, 5.41) is 0.863. The van der Waals surface area contributed by atoms with Crippen LogP contribution in [0.4, 0.5) is 0 Å². The minimum Gasteiger partial charge on any atom is -0.497 e. The van der Waals surface area contributed by atoms with Gasteiger partial charge in [-0.05, 0) is 55.5 Å². The van der Waals surface area contributed by atoms with Crippen LogP contribution in [-0.2, 0) is 0 Å². The van der Waals surface area contributed by atoms with Crippen molar-refractivity contribution in [3.05, 3.63) is 55.5 Å². The highest BCUT2D eigenvalue weighted by molar-refractivity contribution is 7.99. The van der Waals surface area contributed by atoms with Crippen LogP contribution in [0.1, 0.15) is 0 Å². The quantitative estimate of drug-likeness (QED) is 0.662. The Morgan fingerprint density at radius 1 is 0.917 bits per heavy atom. The second-order valence-electron chi connectivity index (χ2n) is 5.07. The molecule has 0 saturated carbocycles. The van der Waals surface area contributed by atoms with Crippen molar-refractivity contribution in [1.82, 2.24) is 9.97 Å². The van der Waals surface area contributed by atoms with Crippen LogP contribution in [-0.4, -0.2) is 29.9 Å². The van der Waals surface area contributed by atoms with E-state index in [4.69, 9.17) is 14.5 Å².